The van der Waals surface area contributed by atoms with Crippen LogP contribution in [0.15, 0.2) is 29.4 Å². The minimum absolute atomic E-state index is 0.352. The lowest BCUT2D eigenvalue weighted by Crippen LogP contribution is -2.13. The van der Waals surface area contributed by atoms with Gasteiger partial charge in [0.15, 0.2) is 5.82 Å². The molecule has 3 aromatic heterocycles. The summed E-state index contributed by atoms with van der Waals surface area (Å²) in [6.45, 7) is 3.02. The molecule has 0 aliphatic carbocycles. The molecule has 0 fully saturated rings. The van der Waals surface area contributed by atoms with Gasteiger partial charge >= 0.3 is 0 Å². The van der Waals surface area contributed by atoms with Crippen molar-refractivity contribution in [2.75, 3.05) is 17.2 Å². The van der Waals surface area contributed by atoms with Crippen LogP contribution in [0.4, 0.5) is 11.9 Å². The molecule has 0 bridgehead atoms. The zero-order valence-electron chi connectivity index (χ0n) is 11.3. The molecule has 0 spiro atoms. The van der Waals surface area contributed by atoms with E-state index < -0.39 is 0 Å². The summed E-state index contributed by atoms with van der Waals surface area (Å²) in [5, 5.41) is 13.9. The third-order valence-electron chi connectivity index (χ3n) is 2.48. The minimum atomic E-state index is 0.352. The predicted octanol–water partition coefficient (Wildman–Crippen LogP) is 0.484. The summed E-state index contributed by atoms with van der Waals surface area (Å²) in [4.78, 5) is 16.8. The van der Waals surface area contributed by atoms with E-state index in [0.29, 0.717) is 36.8 Å². The molecule has 2 N–H and O–H groups in total. The fourth-order valence-corrected chi connectivity index (χ4v) is 1.60. The van der Waals surface area contributed by atoms with Gasteiger partial charge in [-0.1, -0.05) is 5.16 Å². The number of nitrogens with zero attached hydrogens (tertiary/aromatic N) is 7. The monoisotopic (exact) mass is 287 g/mol. The van der Waals surface area contributed by atoms with Crippen LogP contribution in [0, 0.1) is 0 Å². The minimum Gasteiger partial charge on any atom is -0.354 e. The number of hydrogen-bond donors (Lipinski definition) is 2. The van der Waals surface area contributed by atoms with E-state index in [1.807, 2.05) is 6.92 Å². The highest BCUT2D eigenvalue weighted by Gasteiger charge is 2.08. The third kappa shape index (κ3) is 3.11. The Morgan fingerprint density at radius 2 is 2.05 bits per heavy atom. The zero-order chi connectivity index (χ0) is 14.5. The van der Waals surface area contributed by atoms with E-state index in [0.717, 1.165) is 0 Å². The highest BCUT2D eigenvalue weighted by molar-refractivity contribution is 5.37. The molecule has 0 unspecified atom stereocenters. The Hall–Kier alpha value is -3.04. The van der Waals surface area contributed by atoms with Gasteiger partial charge in [0, 0.05) is 18.9 Å². The standard InChI is InChI=1S/C11H13N9O/c1-2-12-9-16-10(13-6-8-14-7-21-19-8)18-11(17-9)20-5-3-4-15-20/h3-5,7H,2,6H2,1H3,(H2,12,13,16,17,18). The molecular formula is C11H13N9O. The van der Waals surface area contributed by atoms with Crippen molar-refractivity contribution >= 4 is 11.9 Å². The average Bonchev–Trinajstić information content (AvgIpc) is 3.19. The van der Waals surface area contributed by atoms with Crippen LogP contribution in [0.5, 0.6) is 0 Å². The van der Waals surface area contributed by atoms with Crippen LogP contribution < -0.4 is 10.6 Å². The lowest BCUT2D eigenvalue weighted by atomic mass is 10.6. The number of hydrogen-bond acceptors (Lipinski definition) is 9. The third-order valence-corrected chi connectivity index (χ3v) is 2.48. The van der Waals surface area contributed by atoms with Crippen LogP contribution in [0.2, 0.25) is 0 Å². The molecule has 0 saturated carbocycles. The molecule has 0 aliphatic rings. The largest absolute Gasteiger partial charge is 0.354 e. The van der Waals surface area contributed by atoms with E-state index in [2.05, 4.69) is 45.3 Å². The molecule has 3 aromatic rings. The van der Waals surface area contributed by atoms with Gasteiger partial charge in [-0.2, -0.15) is 25.0 Å². The molecule has 108 valence electrons. The second kappa shape index (κ2) is 5.94. The van der Waals surface area contributed by atoms with E-state index in [4.69, 9.17) is 0 Å². The zero-order valence-corrected chi connectivity index (χ0v) is 11.3. The summed E-state index contributed by atoms with van der Waals surface area (Å²) in [5.41, 5.74) is 0. The summed E-state index contributed by atoms with van der Waals surface area (Å²) in [6.07, 6.45) is 4.68. The second-order valence-corrected chi connectivity index (χ2v) is 3.96. The Labute approximate surface area is 119 Å². The van der Waals surface area contributed by atoms with Crippen LogP contribution in [0.25, 0.3) is 5.95 Å². The quantitative estimate of drug-likeness (QED) is 0.667. The number of aromatic nitrogens is 7. The van der Waals surface area contributed by atoms with Crippen molar-refractivity contribution in [3.05, 3.63) is 30.7 Å². The molecule has 0 radical (unpaired) electrons. The van der Waals surface area contributed by atoms with Gasteiger partial charge in [0.05, 0.1) is 6.54 Å². The van der Waals surface area contributed by atoms with Gasteiger partial charge in [0.2, 0.25) is 18.3 Å². The van der Waals surface area contributed by atoms with Crippen LogP contribution in [0.3, 0.4) is 0 Å². The summed E-state index contributed by atoms with van der Waals surface area (Å²) in [6, 6.07) is 1.79. The fourth-order valence-electron chi connectivity index (χ4n) is 1.60. The van der Waals surface area contributed by atoms with Crippen molar-refractivity contribution in [2.24, 2.45) is 0 Å². The van der Waals surface area contributed by atoms with Crippen molar-refractivity contribution in [2.45, 2.75) is 13.5 Å². The Morgan fingerprint density at radius 3 is 2.71 bits per heavy atom. The smallest absolute Gasteiger partial charge is 0.257 e. The number of nitrogens with one attached hydrogen (secondary N) is 2. The van der Waals surface area contributed by atoms with Crippen LogP contribution in [0.1, 0.15) is 12.7 Å². The first-order chi connectivity index (χ1) is 10.3. The first-order valence-corrected chi connectivity index (χ1v) is 6.34. The van der Waals surface area contributed by atoms with Gasteiger partial charge in [0.25, 0.3) is 5.95 Å². The SMILES string of the molecule is CCNc1nc(NCc2ncon2)nc(-n2cccn2)n1. The number of rotatable bonds is 6. The molecule has 0 saturated heterocycles. The topological polar surface area (TPSA) is 119 Å². The van der Waals surface area contributed by atoms with Crippen molar-refractivity contribution in [1.29, 1.82) is 0 Å². The molecule has 21 heavy (non-hydrogen) atoms. The summed E-state index contributed by atoms with van der Waals surface area (Å²) >= 11 is 0. The molecule has 10 heteroatoms. The van der Waals surface area contributed by atoms with E-state index in [1.165, 1.54) is 6.39 Å². The Balaban J connectivity index is 1.84. The Morgan fingerprint density at radius 1 is 1.19 bits per heavy atom. The molecule has 0 amide bonds. The fraction of sp³-hybridized carbons (Fsp3) is 0.273. The molecule has 3 heterocycles. The molecule has 0 aliphatic heterocycles. The van der Waals surface area contributed by atoms with Gasteiger partial charge in [-0.3, -0.25) is 0 Å². The van der Waals surface area contributed by atoms with E-state index >= 15 is 0 Å². The molecular weight excluding hydrogens is 274 g/mol. The normalized spacial score (nSPS) is 10.5. The maximum atomic E-state index is 4.67. The van der Waals surface area contributed by atoms with Crippen LogP contribution in [-0.2, 0) is 6.54 Å². The van der Waals surface area contributed by atoms with Crippen molar-refractivity contribution < 1.29 is 4.52 Å². The van der Waals surface area contributed by atoms with E-state index in [-0.39, 0.29) is 0 Å². The predicted molar refractivity (Wildman–Crippen MR) is 72.7 cm³/mol. The highest BCUT2D eigenvalue weighted by atomic mass is 16.5. The van der Waals surface area contributed by atoms with Gasteiger partial charge in [-0.25, -0.2) is 4.68 Å². The first-order valence-electron chi connectivity index (χ1n) is 6.34. The Kier molecular flexibility index (Phi) is 3.67. The lowest BCUT2D eigenvalue weighted by molar-refractivity contribution is 0.411. The van der Waals surface area contributed by atoms with Gasteiger partial charge in [0.1, 0.15) is 0 Å². The molecule has 10 nitrogen and oxygen atoms in total. The summed E-state index contributed by atoms with van der Waals surface area (Å²) in [5.74, 6) is 1.80. The average molecular weight is 287 g/mol. The molecule has 0 aromatic carbocycles. The highest BCUT2D eigenvalue weighted by Crippen LogP contribution is 2.09. The molecule has 0 atom stereocenters. The lowest BCUT2D eigenvalue weighted by Gasteiger charge is -2.08. The van der Waals surface area contributed by atoms with Gasteiger partial charge < -0.3 is 15.2 Å². The van der Waals surface area contributed by atoms with Crippen molar-refractivity contribution in [1.82, 2.24) is 34.9 Å². The van der Waals surface area contributed by atoms with E-state index in [1.54, 1.807) is 23.1 Å². The maximum absolute atomic E-state index is 4.67. The second-order valence-electron chi connectivity index (χ2n) is 3.96. The van der Waals surface area contributed by atoms with Crippen LogP contribution >= 0.6 is 0 Å². The summed E-state index contributed by atoms with van der Waals surface area (Å²) < 4.78 is 6.22. The van der Waals surface area contributed by atoms with Gasteiger partial charge in [-0.05, 0) is 13.0 Å². The molecule has 3 rings (SSSR count). The first kappa shape index (κ1) is 13.0. The van der Waals surface area contributed by atoms with Crippen LogP contribution in [-0.4, -0.2) is 41.4 Å². The number of anilines is 2. The van der Waals surface area contributed by atoms with E-state index in [9.17, 15) is 0 Å². The van der Waals surface area contributed by atoms with Crippen molar-refractivity contribution in [3.8, 4) is 5.95 Å². The summed E-state index contributed by atoms with van der Waals surface area (Å²) in [7, 11) is 0. The Bertz CT molecular complexity index is 680. The van der Waals surface area contributed by atoms with Gasteiger partial charge in [-0.15, -0.1) is 0 Å². The maximum Gasteiger partial charge on any atom is 0.257 e. The van der Waals surface area contributed by atoms with Crippen molar-refractivity contribution in [3.63, 3.8) is 0 Å².